The van der Waals surface area contributed by atoms with Gasteiger partial charge in [0.2, 0.25) is 11.8 Å². The van der Waals surface area contributed by atoms with Crippen molar-refractivity contribution in [1.82, 2.24) is 4.98 Å². The Hall–Kier alpha value is -2.43. The predicted molar refractivity (Wildman–Crippen MR) is 71.4 cm³/mol. The number of primary amides is 1. The molecule has 0 aliphatic carbocycles. The summed E-state index contributed by atoms with van der Waals surface area (Å²) in [6.07, 6.45) is 1.90. The van der Waals surface area contributed by atoms with Crippen molar-refractivity contribution in [2.24, 2.45) is 11.7 Å². The number of carbonyl (C=O) groups is 2. The molecule has 1 unspecified atom stereocenters. The van der Waals surface area contributed by atoms with Crippen LogP contribution in [0, 0.1) is 5.92 Å². The molecule has 1 aliphatic heterocycles. The fraction of sp³-hybridized carbons (Fsp3) is 0.214. The summed E-state index contributed by atoms with van der Waals surface area (Å²) >= 11 is 0. The Labute approximate surface area is 110 Å². The van der Waals surface area contributed by atoms with Gasteiger partial charge in [0.05, 0.1) is 17.1 Å². The summed E-state index contributed by atoms with van der Waals surface area (Å²) in [5.41, 5.74) is 6.90. The van der Waals surface area contributed by atoms with Crippen LogP contribution in [0.1, 0.15) is 6.42 Å². The van der Waals surface area contributed by atoms with Crippen LogP contribution in [0.3, 0.4) is 0 Å². The van der Waals surface area contributed by atoms with Crippen molar-refractivity contribution in [3.05, 3.63) is 36.5 Å². The first-order valence-electron chi connectivity index (χ1n) is 6.10. The number of benzene rings is 1. The maximum atomic E-state index is 12.0. The second-order valence-electron chi connectivity index (χ2n) is 4.65. The molecule has 2 heterocycles. The third-order valence-electron chi connectivity index (χ3n) is 3.44. The quantitative estimate of drug-likeness (QED) is 0.872. The SMILES string of the molecule is NC(=O)C1CC(=O)N(c2cccc3ncccc23)C1. The summed E-state index contributed by atoms with van der Waals surface area (Å²) in [5.74, 6) is -0.895. The first kappa shape index (κ1) is 11.6. The number of nitrogens with zero attached hydrogens (tertiary/aromatic N) is 2. The molecule has 1 aliphatic rings. The summed E-state index contributed by atoms with van der Waals surface area (Å²) in [7, 11) is 0. The normalized spacial score (nSPS) is 19.1. The average Bonchev–Trinajstić information content (AvgIpc) is 2.80. The van der Waals surface area contributed by atoms with E-state index < -0.39 is 11.8 Å². The lowest BCUT2D eigenvalue weighted by atomic mass is 10.1. The molecule has 1 aromatic carbocycles. The van der Waals surface area contributed by atoms with Crippen LogP contribution in [0.2, 0.25) is 0 Å². The standard InChI is InChI=1S/C14H13N3O2/c15-14(19)9-7-13(18)17(8-9)12-5-1-4-11-10(12)3-2-6-16-11/h1-6,9H,7-8H2,(H2,15,19). The van der Waals surface area contributed by atoms with Gasteiger partial charge in [-0.15, -0.1) is 0 Å². The van der Waals surface area contributed by atoms with Gasteiger partial charge in [0.15, 0.2) is 0 Å². The van der Waals surface area contributed by atoms with Crippen LogP contribution >= 0.6 is 0 Å². The molecule has 0 radical (unpaired) electrons. The Bertz CT molecular complexity index is 663. The van der Waals surface area contributed by atoms with E-state index in [0.29, 0.717) is 6.54 Å². The highest BCUT2D eigenvalue weighted by molar-refractivity contribution is 6.06. The number of nitrogens with two attached hydrogens (primary N) is 1. The number of rotatable bonds is 2. The van der Waals surface area contributed by atoms with Crippen molar-refractivity contribution >= 4 is 28.4 Å². The lowest BCUT2D eigenvalue weighted by molar-refractivity contribution is -0.123. The lowest BCUT2D eigenvalue weighted by Gasteiger charge is -2.18. The Balaban J connectivity index is 2.05. The van der Waals surface area contributed by atoms with Crippen LogP contribution < -0.4 is 10.6 Å². The molecule has 1 atom stereocenters. The van der Waals surface area contributed by atoms with E-state index in [-0.39, 0.29) is 12.3 Å². The van der Waals surface area contributed by atoms with Crippen molar-refractivity contribution in [2.75, 3.05) is 11.4 Å². The van der Waals surface area contributed by atoms with Gasteiger partial charge in [-0.3, -0.25) is 14.6 Å². The number of hydrogen-bond acceptors (Lipinski definition) is 3. The number of pyridine rings is 1. The highest BCUT2D eigenvalue weighted by Gasteiger charge is 2.34. The molecule has 3 rings (SSSR count). The molecular formula is C14H13N3O2. The summed E-state index contributed by atoms with van der Waals surface area (Å²) in [5, 5.41) is 0.906. The minimum Gasteiger partial charge on any atom is -0.369 e. The van der Waals surface area contributed by atoms with Crippen molar-refractivity contribution in [3.8, 4) is 0 Å². The van der Waals surface area contributed by atoms with E-state index in [1.54, 1.807) is 11.1 Å². The van der Waals surface area contributed by atoms with Gasteiger partial charge in [0.1, 0.15) is 0 Å². The van der Waals surface area contributed by atoms with Gasteiger partial charge < -0.3 is 10.6 Å². The molecule has 2 aromatic rings. The second-order valence-corrected chi connectivity index (χ2v) is 4.65. The van der Waals surface area contributed by atoms with Gasteiger partial charge >= 0.3 is 0 Å². The molecule has 5 nitrogen and oxygen atoms in total. The van der Waals surface area contributed by atoms with E-state index in [1.165, 1.54) is 0 Å². The summed E-state index contributed by atoms with van der Waals surface area (Å²) in [4.78, 5) is 29.1. The number of fused-ring (bicyclic) bond motifs is 1. The molecule has 1 aromatic heterocycles. The highest BCUT2D eigenvalue weighted by atomic mass is 16.2. The van der Waals surface area contributed by atoms with Crippen molar-refractivity contribution in [3.63, 3.8) is 0 Å². The topological polar surface area (TPSA) is 76.3 Å². The summed E-state index contributed by atoms with van der Waals surface area (Å²) < 4.78 is 0. The van der Waals surface area contributed by atoms with Crippen molar-refractivity contribution in [2.45, 2.75) is 6.42 Å². The fourth-order valence-electron chi connectivity index (χ4n) is 2.45. The van der Waals surface area contributed by atoms with Crippen LogP contribution in [-0.2, 0) is 9.59 Å². The van der Waals surface area contributed by atoms with Crippen LogP contribution in [0.15, 0.2) is 36.5 Å². The van der Waals surface area contributed by atoms with E-state index in [1.807, 2.05) is 30.3 Å². The van der Waals surface area contributed by atoms with E-state index in [2.05, 4.69) is 4.98 Å². The number of anilines is 1. The first-order valence-corrected chi connectivity index (χ1v) is 6.10. The monoisotopic (exact) mass is 255 g/mol. The van der Waals surface area contributed by atoms with Crippen LogP contribution in [0.4, 0.5) is 5.69 Å². The van der Waals surface area contributed by atoms with Crippen molar-refractivity contribution in [1.29, 1.82) is 0 Å². The van der Waals surface area contributed by atoms with Crippen LogP contribution in [0.5, 0.6) is 0 Å². The van der Waals surface area contributed by atoms with Gasteiger partial charge in [-0.2, -0.15) is 0 Å². The third kappa shape index (κ3) is 1.93. The van der Waals surface area contributed by atoms with Gasteiger partial charge in [0.25, 0.3) is 0 Å². The molecular weight excluding hydrogens is 242 g/mol. The summed E-state index contributed by atoms with van der Waals surface area (Å²) in [6, 6.07) is 9.37. The smallest absolute Gasteiger partial charge is 0.227 e. The van der Waals surface area contributed by atoms with Gasteiger partial charge in [0, 0.05) is 24.5 Å². The molecule has 96 valence electrons. The number of carbonyl (C=O) groups excluding carboxylic acids is 2. The molecule has 1 saturated heterocycles. The molecule has 5 heteroatoms. The van der Waals surface area contributed by atoms with Crippen LogP contribution in [0.25, 0.3) is 10.9 Å². The van der Waals surface area contributed by atoms with Gasteiger partial charge in [-0.25, -0.2) is 0 Å². The Morgan fingerprint density at radius 1 is 1.32 bits per heavy atom. The number of amides is 2. The zero-order valence-electron chi connectivity index (χ0n) is 10.2. The van der Waals surface area contributed by atoms with E-state index in [4.69, 9.17) is 5.73 Å². The van der Waals surface area contributed by atoms with E-state index in [9.17, 15) is 9.59 Å². The van der Waals surface area contributed by atoms with Crippen LogP contribution in [-0.4, -0.2) is 23.3 Å². The minimum absolute atomic E-state index is 0.0693. The third-order valence-corrected chi connectivity index (χ3v) is 3.44. The molecule has 0 spiro atoms. The van der Waals surface area contributed by atoms with Gasteiger partial charge in [-0.05, 0) is 24.3 Å². The zero-order chi connectivity index (χ0) is 13.4. The second kappa shape index (κ2) is 4.35. The highest BCUT2D eigenvalue weighted by Crippen LogP contribution is 2.30. The van der Waals surface area contributed by atoms with Gasteiger partial charge in [-0.1, -0.05) is 6.07 Å². The molecule has 0 saturated carbocycles. The Morgan fingerprint density at radius 3 is 2.89 bits per heavy atom. The van der Waals surface area contributed by atoms with E-state index >= 15 is 0 Å². The first-order chi connectivity index (χ1) is 9.16. The molecule has 2 N–H and O–H groups in total. The lowest BCUT2D eigenvalue weighted by Crippen LogP contribution is -2.28. The predicted octanol–water partition coefficient (Wildman–Crippen LogP) is 1.07. The number of aromatic nitrogens is 1. The Morgan fingerprint density at radius 2 is 2.16 bits per heavy atom. The largest absolute Gasteiger partial charge is 0.369 e. The number of hydrogen-bond donors (Lipinski definition) is 1. The molecule has 19 heavy (non-hydrogen) atoms. The minimum atomic E-state index is -0.422. The zero-order valence-corrected chi connectivity index (χ0v) is 10.2. The van der Waals surface area contributed by atoms with E-state index in [0.717, 1.165) is 16.6 Å². The molecule has 0 bridgehead atoms. The maximum absolute atomic E-state index is 12.0. The Kier molecular flexibility index (Phi) is 2.67. The molecule has 1 fully saturated rings. The maximum Gasteiger partial charge on any atom is 0.227 e. The van der Waals surface area contributed by atoms with Crippen molar-refractivity contribution < 1.29 is 9.59 Å². The average molecular weight is 255 g/mol. The molecule has 2 amide bonds. The summed E-state index contributed by atoms with van der Waals surface area (Å²) in [6.45, 7) is 0.349. The fourth-order valence-corrected chi connectivity index (χ4v) is 2.45.